The van der Waals surface area contributed by atoms with Crippen molar-refractivity contribution in [3.8, 4) is 11.1 Å². The van der Waals surface area contributed by atoms with Crippen LogP contribution in [0.3, 0.4) is 0 Å². The highest BCUT2D eigenvalue weighted by molar-refractivity contribution is 5.61. The Morgan fingerprint density at radius 1 is 1.26 bits per heavy atom. The molecule has 2 aromatic rings. The van der Waals surface area contributed by atoms with E-state index >= 15 is 0 Å². The summed E-state index contributed by atoms with van der Waals surface area (Å²) < 4.78 is 1.92. The first-order valence-corrected chi connectivity index (χ1v) is 6.54. The Morgan fingerprint density at radius 3 is 2.63 bits per heavy atom. The van der Waals surface area contributed by atoms with Crippen molar-refractivity contribution in [2.75, 3.05) is 13.7 Å². The molecule has 19 heavy (non-hydrogen) atoms. The molecule has 0 spiro atoms. The van der Waals surface area contributed by atoms with Crippen molar-refractivity contribution in [2.24, 2.45) is 0 Å². The van der Waals surface area contributed by atoms with Crippen LogP contribution in [-0.2, 0) is 6.54 Å². The minimum absolute atomic E-state index is 0.121. The quantitative estimate of drug-likeness (QED) is 0.833. The van der Waals surface area contributed by atoms with E-state index in [0.29, 0.717) is 0 Å². The molecule has 0 bridgehead atoms. The van der Waals surface area contributed by atoms with Crippen molar-refractivity contribution in [1.29, 1.82) is 0 Å². The smallest absolute Gasteiger partial charge is 0.0611 e. The molecule has 0 fully saturated rings. The third-order valence-corrected chi connectivity index (χ3v) is 3.59. The van der Waals surface area contributed by atoms with E-state index in [1.807, 2.05) is 49.2 Å². The van der Waals surface area contributed by atoms with Crippen LogP contribution in [0.1, 0.15) is 13.3 Å². The summed E-state index contributed by atoms with van der Waals surface area (Å²) in [6, 6.07) is 10.2. The largest absolute Gasteiger partial charge is 0.394 e. The van der Waals surface area contributed by atoms with Gasteiger partial charge in [0, 0.05) is 23.8 Å². The molecule has 102 valence electrons. The van der Waals surface area contributed by atoms with Crippen molar-refractivity contribution in [3.63, 3.8) is 0 Å². The fourth-order valence-corrected chi connectivity index (χ4v) is 1.91. The summed E-state index contributed by atoms with van der Waals surface area (Å²) in [7, 11) is 1.87. The minimum Gasteiger partial charge on any atom is -0.394 e. The summed E-state index contributed by atoms with van der Waals surface area (Å²) in [5.74, 6) is 0. The van der Waals surface area contributed by atoms with Gasteiger partial charge in [-0.25, -0.2) is 0 Å². The lowest BCUT2D eigenvalue weighted by Gasteiger charge is -2.26. The van der Waals surface area contributed by atoms with Crippen molar-refractivity contribution in [3.05, 3.63) is 42.7 Å². The first-order valence-electron chi connectivity index (χ1n) is 6.54. The maximum atomic E-state index is 9.35. The number of nitrogens with zero attached hydrogens (tertiary/aromatic N) is 2. The van der Waals surface area contributed by atoms with Crippen LogP contribution < -0.4 is 5.32 Å². The lowest BCUT2D eigenvalue weighted by atomic mass is 10.00. The third-order valence-electron chi connectivity index (χ3n) is 3.59. The predicted octanol–water partition coefficient (Wildman–Crippen LogP) is 1.91. The fraction of sp³-hybridized carbons (Fsp3) is 0.400. The Bertz CT molecular complexity index is 503. The van der Waals surface area contributed by atoms with E-state index in [2.05, 4.69) is 22.5 Å². The van der Waals surface area contributed by atoms with Gasteiger partial charge in [-0.1, -0.05) is 30.3 Å². The molecule has 0 saturated carbocycles. The number of aryl methyl sites for hydroxylation is 1. The topological polar surface area (TPSA) is 50.1 Å². The maximum absolute atomic E-state index is 9.35. The number of hydrogen-bond donors (Lipinski definition) is 2. The van der Waals surface area contributed by atoms with Gasteiger partial charge in [0.05, 0.1) is 12.8 Å². The zero-order valence-electron chi connectivity index (χ0n) is 11.5. The van der Waals surface area contributed by atoms with Crippen molar-refractivity contribution < 1.29 is 5.11 Å². The van der Waals surface area contributed by atoms with Gasteiger partial charge in [-0.2, -0.15) is 5.10 Å². The summed E-state index contributed by atoms with van der Waals surface area (Å²) in [4.78, 5) is 0. The molecule has 1 heterocycles. The number of nitrogens with one attached hydrogen (secondary N) is 1. The molecule has 0 radical (unpaired) electrons. The van der Waals surface area contributed by atoms with E-state index in [9.17, 15) is 5.11 Å². The van der Waals surface area contributed by atoms with Crippen molar-refractivity contribution >= 4 is 0 Å². The monoisotopic (exact) mass is 259 g/mol. The number of hydrogen-bond acceptors (Lipinski definition) is 3. The average Bonchev–Trinajstić information content (AvgIpc) is 2.95. The highest BCUT2D eigenvalue weighted by atomic mass is 16.3. The average molecular weight is 259 g/mol. The van der Waals surface area contributed by atoms with E-state index < -0.39 is 0 Å². The van der Waals surface area contributed by atoms with Crippen LogP contribution >= 0.6 is 0 Å². The summed E-state index contributed by atoms with van der Waals surface area (Å²) >= 11 is 0. The van der Waals surface area contributed by atoms with Gasteiger partial charge < -0.3 is 10.4 Å². The Labute approximate surface area is 114 Å². The van der Waals surface area contributed by atoms with Gasteiger partial charge in [-0.3, -0.25) is 4.68 Å². The number of likely N-dealkylation sites (N-methyl/N-ethyl adjacent to an activating group) is 1. The van der Waals surface area contributed by atoms with E-state index in [1.54, 1.807) is 0 Å². The number of benzene rings is 1. The molecule has 1 unspecified atom stereocenters. The molecular formula is C15H21N3O. The second-order valence-electron chi connectivity index (χ2n) is 5.08. The molecule has 0 aliphatic carbocycles. The number of aliphatic hydroxyl groups is 1. The van der Waals surface area contributed by atoms with Gasteiger partial charge in [0.25, 0.3) is 0 Å². The molecule has 0 aliphatic rings. The van der Waals surface area contributed by atoms with Gasteiger partial charge in [0.15, 0.2) is 0 Å². The first kappa shape index (κ1) is 13.8. The van der Waals surface area contributed by atoms with Gasteiger partial charge in [-0.05, 0) is 26.0 Å². The SMILES string of the molecule is CNC(C)(CO)CCn1cc(-c2ccccc2)cn1. The second kappa shape index (κ2) is 5.99. The summed E-state index contributed by atoms with van der Waals surface area (Å²) in [6.45, 7) is 2.91. The van der Waals surface area contributed by atoms with Gasteiger partial charge in [0.2, 0.25) is 0 Å². The molecule has 0 amide bonds. The number of rotatable bonds is 6. The van der Waals surface area contributed by atoms with E-state index in [1.165, 1.54) is 5.56 Å². The number of aromatic nitrogens is 2. The van der Waals surface area contributed by atoms with Crippen LogP contribution in [0.2, 0.25) is 0 Å². The van der Waals surface area contributed by atoms with Crippen LogP contribution in [0.25, 0.3) is 11.1 Å². The Morgan fingerprint density at radius 2 is 2.00 bits per heavy atom. The molecule has 1 aromatic heterocycles. The maximum Gasteiger partial charge on any atom is 0.0611 e. The van der Waals surface area contributed by atoms with Gasteiger partial charge in [-0.15, -0.1) is 0 Å². The summed E-state index contributed by atoms with van der Waals surface area (Å²) in [5, 5.41) is 16.9. The molecular weight excluding hydrogens is 238 g/mol. The highest BCUT2D eigenvalue weighted by Gasteiger charge is 2.20. The predicted molar refractivity (Wildman–Crippen MR) is 76.8 cm³/mol. The number of aliphatic hydroxyl groups excluding tert-OH is 1. The van der Waals surface area contributed by atoms with E-state index in [-0.39, 0.29) is 12.1 Å². The summed E-state index contributed by atoms with van der Waals surface area (Å²) in [6.07, 6.45) is 4.75. The zero-order chi connectivity index (χ0) is 13.7. The molecule has 2 rings (SSSR count). The minimum atomic E-state index is -0.251. The molecule has 2 N–H and O–H groups in total. The van der Waals surface area contributed by atoms with E-state index in [0.717, 1.165) is 18.5 Å². The van der Waals surface area contributed by atoms with E-state index in [4.69, 9.17) is 0 Å². The molecule has 0 saturated heterocycles. The third kappa shape index (κ3) is 3.43. The van der Waals surface area contributed by atoms with Gasteiger partial charge >= 0.3 is 0 Å². The second-order valence-corrected chi connectivity index (χ2v) is 5.08. The Kier molecular flexibility index (Phi) is 4.35. The molecule has 0 aliphatic heterocycles. The Balaban J connectivity index is 2.02. The Hall–Kier alpha value is -1.65. The normalized spacial score (nSPS) is 14.3. The van der Waals surface area contributed by atoms with Crippen LogP contribution in [-0.4, -0.2) is 34.1 Å². The molecule has 1 atom stereocenters. The lowest BCUT2D eigenvalue weighted by molar-refractivity contribution is 0.167. The zero-order valence-corrected chi connectivity index (χ0v) is 11.5. The van der Waals surface area contributed by atoms with Gasteiger partial charge in [0.1, 0.15) is 0 Å². The molecule has 4 nitrogen and oxygen atoms in total. The molecule has 1 aromatic carbocycles. The molecule has 4 heteroatoms. The van der Waals surface area contributed by atoms with Crippen LogP contribution in [0.15, 0.2) is 42.7 Å². The van der Waals surface area contributed by atoms with Crippen molar-refractivity contribution in [1.82, 2.24) is 15.1 Å². The van der Waals surface area contributed by atoms with Crippen LogP contribution in [0.5, 0.6) is 0 Å². The standard InChI is InChI=1S/C15H21N3O/c1-15(12-19,16-2)8-9-18-11-14(10-17-18)13-6-4-3-5-7-13/h3-7,10-11,16,19H,8-9,12H2,1-2H3. The lowest BCUT2D eigenvalue weighted by Crippen LogP contribution is -2.44. The fourth-order valence-electron chi connectivity index (χ4n) is 1.91. The summed E-state index contributed by atoms with van der Waals surface area (Å²) in [5.41, 5.74) is 2.04. The first-order chi connectivity index (χ1) is 9.17. The van der Waals surface area contributed by atoms with Crippen molar-refractivity contribution in [2.45, 2.75) is 25.4 Å². The van der Waals surface area contributed by atoms with Crippen LogP contribution in [0, 0.1) is 0 Å². The van der Waals surface area contributed by atoms with Crippen LogP contribution in [0.4, 0.5) is 0 Å². The highest BCUT2D eigenvalue weighted by Crippen LogP contribution is 2.18.